The van der Waals surface area contributed by atoms with Gasteiger partial charge in [0.25, 0.3) is 0 Å². The Hall–Kier alpha value is -3.68. The van der Waals surface area contributed by atoms with Crippen molar-refractivity contribution in [1.82, 2.24) is 4.90 Å². The molecule has 0 spiro atoms. The summed E-state index contributed by atoms with van der Waals surface area (Å²) in [5.74, 6) is 0.804. The number of allylic oxidation sites excluding steroid dienone is 1. The number of amides is 1. The maximum Gasteiger partial charge on any atom is 0.236 e. The summed E-state index contributed by atoms with van der Waals surface area (Å²) >= 11 is 0. The largest absolute Gasteiger partial charge is 0.493 e. The lowest BCUT2D eigenvalue weighted by atomic mass is 9.72. The summed E-state index contributed by atoms with van der Waals surface area (Å²) in [7, 11) is 6.25. The molecule has 1 amide bonds. The molecule has 1 fully saturated rings. The summed E-state index contributed by atoms with van der Waals surface area (Å²) in [6.07, 6.45) is 3.58. The van der Waals surface area contributed by atoms with Gasteiger partial charge in [-0.3, -0.25) is 9.59 Å². The third-order valence-corrected chi connectivity index (χ3v) is 6.81. The van der Waals surface area contributed by atoms with Crippen molar-refractivity contribution in [2.24, 2.45) is 5.92 Å². The standard InChI is InChI=1S/C27H31NO7/c1-7-34-21-10-8-9-17-18-15-27(2,35-24(17)21)28(3)26(30)22(18)19(29)13-11-16-12-14-20(31-4)25(33-6)23(16)32-5/h8-14,18,22H,7,15H2,1-6H3/b13-11+. The van der Waals surface area contributed by atoms with E-state index in [1.54, 1.807) is 25.3 Å². The van der Waals surface area contributed by atoms with E-state index in [0.29, 0.717) is 47.3 Å². The van der Waals surface area contributed by atoms with Crippen LogP contribution >= 0.6 is 0 Å². The second-order valence-electron chi connectivity index (χ2n) is 8.73. The van der Waals surface area contributed by atoms with Crippen LogP contribution in [0.15, 0.2) is 36.4 Å². The van der Waals surface area contributed by atoms with Crippen molar-refractivity contribution >= 4 is 17.8 Å². The molecule has 3 unspecified atom stereocenters. The van der Waals surface area contributed by atoms with Crippen molar-refractivity contribution < 1.29 is 33.3 Å². The van der Waals surface area contributed by atoms with Gasteiger partial charge in [0.2, 0.25) is 11.7 Å². The number of ether oxygens (including phenoxy) is 5. The highest BCUT2D eigenvalue weighted by Gasteiger charge is 2.54. The van der Waals surface area contributed by atoms with Gasteiger partial charge in [0.15, 0.2) is 34.5 Å². The van der Waals surface area contributed by atoms with Gasteiger partial charge in [0, 0.05) is 30.5 Å². The first kappa shape index (κ1) is 24.4. The molecule has 0 aliphatic carbocycles. The van der Waals surface area contributed by atoms with Crippen LogP contribution in [0, 0.1) is 5.92 Å². The van der Waals surface area contributed by atoms with Crippen LogP contribution in [0.5, 0.6) is 28.7 Å². The second kappa shape index (κ2) is 9.52. The lowest BCUT2D eigenvalue weighted by molar-refractivity contribution is -0.170. The van der Waals surface area contributed by atoms with Crippen LogP contribution in [0.2, 0.25) is 0 Å². The number of nitrogens with zero attached hydrogens (tertiary/aromatic N) is 1. The van der Waals surface area contributed by atoms with Gasteiger partial charge in [0.05, 0.1) is 27.9 Å². The molecule has 2 aliphatic rings. The van der Waals surface area contributed by atoms with Gasteiger partial charge in [-0.15, -0.1) is 0 Å². The molecule has 35 heavy (non-hydrogen) atoms. The predicted octanol–water partition coefficient (Wildman–Crippen LogP) is 4.06. The topological polar surface area (TPSA) is 83.5 Å². The number of hydrogen-bond donors (Lipinski definition) is 0. The van der Waals surface area contributed by atoms with Crippen molar-refractivity contribution in [2.45, 2.75) is 31.9 Å². The number of rotatable bonds is 8. The Bertz CT molecular complexity index is 1170. The molecule has 8 heteroatoms. The molecule has 1 saturated heterocycles. The SMILES string of the molecule is CCOc1cccc2c1OC1(C)CC2C(C(=O)/C=C/c2ccc(OC)c(OC)c2OC)C(=O)N1C. The first-order valence-electron chi connectivity index (χ1n) is 11.5. The van der Waals surface area contributed by atoms with E-state index in [2.05, 4.69) is 0 Å². The number of ketones is 1. The molecule has 4 rings (SSSR count). The zero-order valence-corrected chi connectivity index (χ0v) is 20.9. The van der Waals surface area contributed by atoms with Crippen LogP contribution in [0.3, 0.4) is 0 Å². The minimum atomic E-state index is -0.880. The van der Waals surface area contributed by atoms with E-state index in [4.69, 9.17) is 23.7 Å². The van der Waals surface area contributed by atoms with Crippen LogP contribution in [0.4, 0.5) is 0 Å². The molecule has 2 aromatic rings. The number of hydrogen-bond acceptors (Lipinski definition) is 7. The van der Waals surface area contributed by atoms with Gasteiger partial charge in [-0.05, 0) is 44.2 Å². The number of methoxy groups -OCH3 is 3. The highest BCUT2D eigenvalue weighted by molar-refractivity contribution is 6.10. The van der Waals surface area contributed by atoms with Gasteiger partial charge < -0.3 is 28.6 Å². The van der Waals surface area contributed by atoms with E-state index in [9.17, 15) is 9.59 Å². The van der Waals surface area contributed by atoms with Gasteiger partial charge in [-0.2, -0.15) is 0 Å². The fourth-order valence-corrected chi connectivity index (χ4v) is 4.95. The second-order valence-corrected chi connectivity index (χ2v) is 8.73. The third-order valence-electron chi connectivity index (χ3n) is 6.81. The summed E-state index contributed by atoms with van der Waals surface area (Å²) in [6, 6.07) is 9.12. The van der Waals surface area contributed by atoms with E-state index < -0.39 is 11.6 Å². The van der Waals surface area contributed by atoms with Gasteiger partial charge in [-0.25, -0.2) is 0 Å². The number of likely N-dealkylation sites (tertiary alicyclic amines) is 1. The number of para-hydroxylation sites is 1. The normalized spacial score (nSPS) is 22.9. The molecular formula is C27H31NO7. The molecule has 0 saturated carbocycles. The van der Waals surface area contributed by atoms with Gasteiger partial charge in [0.1, 0.15) is 5.92 Å². The quantitative estimate of drug-likeness (QED) is 0.415. The molecule has 186 valence electrons. The van der Waals surface area contributed by atoms with Crippen molar-refractivity contribution in [3.05, 3.63) is 47.5 Å². The molecule has 2 aliphatic heterocycles. The van der Waals surface area contributed by atoms with Crippen LogP contribution in [0.25, 0.3) is 6.08 Å². The Morgan fingerprint density at radius 1 is 1.11 bits per heavy atom. The van der Waals surface area contributed by atoms with Gasteiger partial charge >= 0.3 is 0 Å². The predicted molar refractivity (Wildman–Crippen MR) is 130 cm³/mol. The Kier molecular flexibility index (Phi) is 6.65. The maximum atomic E-state index is 13.5. The molecular weight excluding hydrogens is 450 g/mol. The highest BCUT2D eigenvalue weighted by atomic mass is 16.5. The van der Waals surface area contributed by atoms with E-state index in [-0.39, 0.29) is 17.6 Å². The number of benzene rings is 2. The molecule has 0 aromatic heterocycles. The Labute approximate surface area is 205 Å². The van der Waals surface area contributed by atoms with E-state index >= 15 is 0 Å². The average molecular weight is 482 g/mol. The molecule has 2 heterocycles. The minimum Gasteiger partial charge on any atom is -0.493 e. The van der Waals surface area contributed by atoms with E-state index in [1.807, 2.05) is 32.0 Å². The first-order chi connectivity index (χ1) is 16.8. The number of fused-ring (bicyclic) bond motifs is 4. The van der Waals surface area contributed by atoms with E-state index in [1.165, 1.54) is 32.3 Å². The summed E-state index contributed by atoms with van der Waals surface area (Å²) in [4.78, 5) is 28.5. The van der Waals surface area contributed by atoms with Crippen LogP contribution in [-0.2, 0) is 9.59 Å². The van der Waals surface area contributed by atoms with Crippen LogP contribution < -0.4 is 23.7 Å². The summed E-state index contributed by atoms with van der Waals surface area (Å²) in [5, 5.41) is 0. The van der Waals surface area contributed by atoms with Crippen molar-refractivity contribution in [2.75, 3.05) is 35.0 Å². The Balaban J connectivity index is 1.72. The lowest BCUT2D eigenvalue weighted by Gasteiger charge is -2.51. The third kappa shape index (κ3) is 4.07. The van der Waals surface area contributed by atoms with Crippen molar-refractivity contribution in [3.63, 3.8) is 0 Å². The Morgan fingerprint density at radius 2 is 1.86 bits per heavy atom. The van der Waals surface area contributed by atoms with Crippen LogP contribution in [-0.4, -0.2) is 57.3 Å². The fourth-order valence-electron chi connectivity index (χ4n) is 4.95. The zero-order chi connectivity index (χ0) is 25.3. The number of carbonyl (C=O) groups is 2. The number of carbonyl (C=O) groups excluding carboxylic acids is 2. The fraction of sp³-hybridized carbons (Fsp3) is 0.407. The Morgan fingerprint density at radius 3 is 2.51 bits per heavy atom. The smallest absolute Gasteiger partial charge is 0.236 e. The van der Waals surface area contributed by atoms with Gasteiger partial charge in [-0.1, -0.05) is 12.1 Å². The zero-order valence-electron chi connectivity index (χ0n) is 20.9. The van der Waals surface area contributed by atoms with Crippen LogP contribution in [0.1, 0.15) is 37.3 Å². The monoisotopic (exact) mass is 481 g/mol. The molecule has 0 radical (unpaired) electrons. The van der Waals surface area contributed by atoms with E-state index in [0.717, 1.165) is 5.56 Å². The number of piperidine rings is 1. The minimum absolute atomic E-state index is 0.273. The maximum absolute atomic E-state index is 13.5. The summed E-state index contributed by atoms with van der Waals surface area (Å²) in [5.41, 5.74) is 0.575. The van der Waals surface area contributed by atoms with Crippen molar-refractivity contribution in [3.8, 4) is 28.7 Å². The molecule has 8 nitrogen and oxygen atoms in total. The lowest BCUT2D eigenvalue weighted by Crippen LogP contribution is -2.62. The first-order valence-corrected chi connectivity index (χ1v) is 11.5. The average Bonchev–Trinajstić information content (AvgIpc) is 2.86. The highest BCUT2D eigenvalue weighted by Crippen LogP contribution is 2.53. The summed E-state index contributed by atoms with van der Waals surface area (Å²) < 4.78 is 28.4. The molecule has 3 atom stereocenters. The molecule has 2 bridgehead atoms. The van der Waals surface area contributed by atoms with Crippen molar-refractivity contribution in [1.29, 1.82) is 0 Å². The molecule has 2 aromatic carbocycles. The molecule has 0 N–H and O–H groups in total. The summed E-state index contributed by atoms with van der Waals surface area (Å²) in [6.45, 7) is 4.25.